The van der Waals surface area contributed by atoms with E-state index in [1.54, 1.807) is 12.1 Å². The first-order chi connectivity index (χ1) is 5.68. The molecular weight excluding hydrogens is 153 g/mol. The first-order valence-electron chi connectivity index (χ1n) is 3.87. The summed E-state index contributed by atoms with van der Waals surface area (Å²) in [6, 6.07) is 4.84. The van der Waals surface area contributed by atoms with Crippen LogP contribution < -0.4 is 0 Å². The first kappa shape index (κ1) is 7.35. The Balaban J connectivity index is 2.54. The van der Waals surface area contributed by atoms with Crippen molar-refractivity contribution in [2.75, 3.05) is 7.05 Å². The quantitative estimate of drug-likeness (QED) is 0.567. The Morgan fingerprint density at radius 3 is 3.00 bits per heavy atom. The van der Waals surface area contributed by atoms with E-state index in [1.165, 1.54) is 6.07 Å². The van der Waals surface area contributed by atoms with E-state index in [0.29, 0.717) is 0 Å². The van der Waals surface area contributed by atoms with Crippen molar-refractivity contribution in [3.05, 3.63) is 41.7 Å². The average Bonchev–Trinajstić information content (AvgIpc) is 2.28. The summed E-state index contributed by atoms with van der Waals surface area (Å²) < 4.78 is 12.8. The van der Waals surface area contributed by atoms with Gasteiger partial charge in [-0.25, -0.2) is 4.39 Å². The third-order valence-electron chi connectivity index (χ3n) is 2.25. The SMILES string of the molecule is C=C1c2ccc(F)cc2CN1C. The lowest BCUT2D eigenvalue weighted by Crippen LogP contribution is -2.05. The minimum absolute atomic E-state index is 0.170. The molecule has 1 aliphatic heterocycles. The zero-order chi connectivity index (χ0) is 8.72. The van der Waals surface area contributed by atoms with Crippen LogP contribution in [0.25, 0.3) is 5.70 Å². The van der Waals surface area contributed by atoms with Crippen LogP contribution in [-0.2, 0) is 6.54 Å². The smallest absolute Gasteiger partial charge is 0.123 e. The molecule has 0 fully saturated rings. The van der Waals surface area contributed by atoms with Gasteiger partial charge in [-0.15, -0.1) is 0 Å². The molecule has 1 nitrogen and oxygen atoms in total. The number of rotatable bonds is 0. The van der Waals surface area contributed by atoms with Crippen LogP contribution in [0, 0.1) is 5.82 Å². The van der Waals surface area contributed by atoms with E-state index in [2.05, 4.69) is 6.58 Å². The topological polar surface area (TPSA) is 3.24 Å². The molecule has 0 N–H and O–H groups in total. The lowest BCUT2D eigenvalue weighted by Gasteiger charge is -2.09. The van der Waals surface area contributed by atoms with Gasteiger partial charge in [-0.3, -0.25) is 0 Å². The second-order valence-electron chi connectivity index (χ2n) is 3.10. The van der Waals surface area contributed by atoms with Crippen molar-refractivity contribution in [2.24, 2.45) is 0 Å². The zero-order valence-corrected chi connectivity index (χ0v) is 6.97. The Morgan fingerprint density at radius 1 is 1.50 bits per heavy atom. The third kappa shape index (κ3) is 0.916. The van der Waals surface area contributed by atoms with E-state index >= 15 is 0 Å². The largest absolute Gasteiger partial charge is 0.370 e. The van der Waals surface area contributed by atoms with Crippen LogP contribution in [0.5, 0.6) is 0 Å². The van der Waals surface area contributed by atoms with Crippen LogP contribution in [-0.4, -0.2) is 11.9 Å². The molecule has 1 aromatic rings. The van der Waals surface area contributed by atoms with Crippen molar-refractivity contribution < 1.29 is 4.39 Å². The van der Waals surface area contributed by atoms with E-state index in [4.69, 9.17) is 0 Å². The maximum Gasteiger partial charge on any atom is 0.123 e. The molecule has 0 amide bonds. The Labute approximate surface area is 71.1 Å². The molecule has 0 spiro atoms. The van der Waals surface area contributed by atoms with Gasteiger partial charge in [0.2, 0.25) is 0 Å². The predicted molar refractivity (Wildman–Crippen MR) is 46.9 cm³/mol. The molecule has 0 unspecified atom stereocenters. The highest BCUT2D eigenvalue weighted by molar-refractivity contribution is 5.68. The van der Waals surface area contributed by atoms with Crippen LogP contribution in [0.3, 0.4) is 0 Å². The molecule has 2 heteroatoms. The number of fused-ring (bicyclic) bond motifs is 1. The van der Waals surface area contributed by atoms with Crippen molar-refractivity contribution in [1.29, 1.82) is 0 Å². The predicted octanol–water partition coefficient (Wildman–Crippen LogP) is 2.24. The minimum Gasteiger partial charge on any atom is -0.370 e. The molecule has 0 saturated heterocycles. The van der Waals surface area contributed by atoms with Crippen LogP contribution in [0.4, 0.5) is 4.39 Å². The highest BCUT2D eigenvalue weighted by Gasteiger charge is 2.18. The fraction of sp³-hybridized carbons (Fsp3) is 0.200. The number of hydrogen-bond acceptors (Lipinski definition) is 1. The van der Waals surface area contributed by atoms with E-state index in [1.807, 2.05) is 11.9 Å². The summed E-state index contributed by atoms with van der Waals surface area (Å²) in [6.45, 7) is 4.68. The Hall–Kier alpha value is -1.31. The summed E-state index contributed by atoms with van der Waals surface area (Å²) in [5, 5.41) is 0. The fourth-order valence-corrected chi connectivity index (χ4v) is 1.53. The van der Waals surface area contributed by atoms with Gasteiger partial charge < -0.3 is 4.90 Å². The molecule has 12 heavy (non-hydrogen) atoms. The van der Waals surface area contributed by atoms with E-state index in [9.17, 15) is 4.39 Å². The second kappa shape index (κ2) is 2.34. The van der Waals surface area contributed by atoms with Crippen LogP contribution in [0.2, 0.25) is 0 Å². The third-order valence-corrected chi connectivity index (χ3v) is 2.25. The first-order valence-corrected chi connectivity index (χ1v) is 3.87. The molecule has 62 valence electrons. The molecule has 0 radical (unpaired) electrons. The standard InChI is InChI=1S/C10H10FN/c1-7-10-4-3-9(11)5-8(10)6-12(7)2/h3-5H,1,6H2,2H3. The lowest BCUT2D eigenvalue weighted by atomic mass is 10.1. The van der Waals surface area contributed by atoms with Crippen molar-refractivity contribution >= 4 is 5.70 Å². The van der Waals surface area contributed by atoms with Crippen molar-refractivity contribution in [3.63, 3.8) is 0 Å². The Kier molecular flexibility index (Phi) is 1.43. The minimum atomic E-state index is -0.170. The van der Waals surface area contributed by atoms with Gasteiger partial charge in [0.05, 0.1) is 0 Å². The summed E-state index contributed by atoms with van der Waals surface area (Å²) in [4.78, 5) is 2.02. The van der Waals surface area contributed by atoms with Crippen molar-refractivity contribution in [2.45, 2.75) is 6.54 Å². The summed E-state index contributed by atoms with van der Waals surface area (Å²) in [5.74, 6) is -0.170. The van der Waals surface area contributed by atoms with Crippen LogP contribution >= 0.6 is 0 Å². The Bertz CT molecular complexity index is 344. The summed E-state index contributed by atoms with van der Waals surface area (Å²) >= 11 is 0. The molecule has 1 aromatic carbocycles. The maximum absolute atomic E-state index is 12.8. The average molecular weight is 163 g/mol. The number of benzene rings is 1. The summed E-state index contributed by atoms with van der Waals surface area (Å²) in [7, 11) is 1.96. The lowest BCUT2D eigenvalue weighted by molar-refractivity contribution is 0.500. The monoisotopic (exact) mass is 163 g/mol. The van der Waals surface area contributed by atoms with Crippen LogP contribution in [0.15, 0.2) is 24.8 Å². The molecule has 0 aliphatic carbocycles. The van der Waals surface area contributed by atoms with Crippen molar-refractivity contribution in [3.8, 4) is 0 Å². The van der Waals surface area contributed by atoms with Gasteiger partial charge in [0.25, 0.3) is 0 Å². The summed E-state index contributed by atoms with van der Waals surface area (Å²) in [5.41, 5.74) is 3.08. The van der Waals surface area contributed by atoms with E-state index in [-0.39, 0.29) is 5.82 Å². The van der Waals surface area contributed by atoms with E-state index in [0.717, 1.165) is 23.4 Å². The fourth-order valence-electron chi connectivity index (χ4n) is 1.53. The number of halogens is 1. The molecule has 0 bridgehead atoms. The zero-order valence-electron chi connectivity index (χ0n) is 6.97. The Morgan fingerprint density at radius 2 is 2.25 bits per heavy atom. The van der Waals surface area contributed by atoms with Gasteiger partial charge in [-0.1, -0.05) is 6.58 Å². The van der Waals surface area contributed by atoms with Gasteiger partial charge in [0.1, 0.15) is 5.82 Å². The van der Waals surface area contributed by atoms with Crippen LogP contribution in [0.1, 0.15) is 11.1 Å². The van der Waals surface area contributed by atoms with Gasteiger partial charge in [0, 0.05) is 24.9 Å². The highest BCUT2D eigenvalue weighted by Crippen LogP contribution is 2.29. The molecule has 0 saturated carbocycles. The molecule has 0 atom stereocenters. The second-order valence-corrected chi connectivity index (χ2v) is 3.10. The summed E-state index contributed by atoms with van der Waals surface area (Å²) in [6.07, 6.45) is 0. The normalized spacial score (nSPS) is 15.2. The van der Waals surface area contributed by atoms with Gasteiger partial charge in [0.15, 0.2) is 0 Å². The number of hydrogen-bond donors (Lipinski definition) is 0. The van der Waals surface area contributed by atoms with E-state index < -0.39 is 0 Å². The van der Waals surface area contributed by atoms with Crippen molar-refractivity contribution in [1.82, 2.24) is 4.90 Å². The maximum atomic E-state index is 12.8. The molecule has 2 rings (SSSR count). The molecule has 1 heterocycles. The molecule has 1 aliphatic rings. The van der Waals surface area contributed by atoms with Gasteiger partial charge in [-0.2, -0.15) is 0 Å². The molecule has 0 aromatic heterocycles. The van der Waals surface area contributed by atoms with Gasteiger partial charge in [-0.05, 0) is 23.8 Å². The van der Waals surface area contributed by atoms with Gasteiger partial charge >= 0.3 is 0 Å². The molecular formula is C10H10FN. The number of nitrogens with zero attached hydrogens (tertiary/aromatic N) is 1. The highest BCUT2D eigenvalue weighted by atomic mass is 19.1.